The van der Waals surface area contributed by atoms with Crippen molar-refractivity contribution in [1.29, 1.82) is 5.26 Å². The molecule has 0 aliphatic rings. The van der Waals surface area contributed by atoms with Crippen LogP contribution < -0.4 is 10.6 Å². The minimum atomic E-state index is -1.15. The van der Waals surface area contributed by atoms with Gasteiger partial charge in [-0.25, -0.2) is 0 Å². The maximum absolute atomic E-state index is 11.5. The Balaban J connectivity index is 4.52. The highest BCUT2D eigenvalue weighted by Crippen LogP contribution is 1.95. The Labute approximate surface area is 100 Å². The molecule has 0 aromatic rings. The molecular weight excluding hydrogens is 222 g/mol. The fourth-order valence-electron chi connectivity index (χ4n) is 0.828. The summed E-state index contributed by atoms with van der Waals surface area (Å²) in [5.74, 6) is -1.84. The fraction of sp³-hybridized carbons (Fsp3) is 0.545. The average Bonchev–Trinajstić information content (AvgIpc) is 2.29. The lowest BCUT2D eigenvalue weighted by molar-refractivity contribution is -0.140. The predicted molar refractivity (Wildman–Crippen MR) is 61.8 cm³/mol. The first-order valence-electron chi connectivity index (χ1n) is 5.32. The number of nitrogens with zero attached hydrogens (tertiary/aromatic N) is 1. The molecule has 94 valence electrons. The number of hydrogen-bond donors (Lipinski definition) is 3. The number of amides is 1. The average molecular weight is 239 g/mol. The van der Waals surface area contributed by atoms with Gasteiger partial charge in [0.05, 0.1) is 0 Å². The third kappa shape index (κ3) is 5.56. The summed E-state index contributed by atoms with van der Waals surface area (Å²) in [6.07, 6.45) is 2.15. The minimum Gasteiger partial charge on any atom is -0.480 e. The van der Waals surface area contributed by atoms with E-state index in [1.165, 1.54) is 13.1 Å². The Morgan fingerprint density at radius 3 is 2.47 bits per heavy atom. The van der Waals surface area contributed by atoms with E-state index in [0.717, 1.165) is 6.42 Å². The molecule has 0 heterocycles. The molecule has 0 aromatic heterocycles. The molecule has 0 spiro atoms. The van der Waals surface area contributed by atoms with Crippen LogP contribution in [0.25, 0.3) is 0 Å². The van der Waals surface area contributed by atoms with Crippen LogP contribution in [0, 0.1) is 11.3 Å². The molecule has 1 amide bonds. The van der Waals surface area contributed by atoms with Gasteiger partial charge in [-0.3, -0.25) is 9.59 Å². The van der Waals surface area contributed by atoms with Crippen molar-refractivity contribution < 1.29 is 14.7 Å². The normalized spacial score (nSPS) is 14.4. The lowest BCUT2D eigenvalue weighted by Crippen LogP contribution is -2.39. The maximum Gasteiger partial charge on any atom is 0.325 e. The number of nitrogens with one attached hydrogen (secondary N) is 2. The fourth-order valence-corrected chi connectivity index (χ4v) is 0.828. The molecule has 0 bridgehead atoms. The number of hydrogen-bond acceptors (Lipinski definition) is 4. The van der Waals surface area contributed by atoms with Crippen LogP contribution in [0.3, 0.4) is 0 Å². The van der Waals surface area contributed by atoms with Gasteiger partial charge >= 0.3 is 5.97 Å². The molecule has 6 nitrogen and oxygen atoms in total. The Bertz CT molecular complexity index is 357. The summed E-state index contributed by atoms with van der Waals surface area (Å²) in [4.78, 5) is 22.0. The monoisotopic (exact) mass is 239 g/mol. The smallest absolute Gasteiger partial charge is 0.325 e. The van der Waals surface area contributed by atoms with Gasteiger partial charge < -0.3 is 15.7 Å². The second-order valence-corrected chi connectivity index (χ2v) is 3.68. The number of carbonyl (C=O) groups excluding carboxylic acids is 1. The van der Waals surface area contributed by atoms with Crippen LogP contribution in [0.4, 0.5) is 0 Å². The van der Waals surface area contributed by atoms with Crippen LogP contribution in [0.15, 0.2) is 11.8 Å². The number of carboxylic acid groups (broad SMARTS) is 1. The van der Waals surface area contributed by atoms with Crippen LogP contribution in [-0.4, -0.2) is 29.1 Å². The van der Waals surface area contributed by atoms with Crippen molar-refractivity contribution >= 4 is 11.9 Å². The SMILES string of the molecule is CCC(C)N/C=C(/C#N)C(=O)NC(C)C(=O)O. The van der Waals surface area contributed by atoms with Gasteiger partial charge in [0, 0.05) is 12.2 Å². The lowest BCUT2D eigenvalue weighted by atomic mass is 10.2. The zero-order valence-corrected chi connectivity index (χ0v) is 10.2. The summed E-state index contributed by atoms with van der Waals surface area (Å²) in [6, 6.07) is 0.836. The van der Waals surface area contributed by atoms with E-state index >= 15 is 0 Å². The van der Waals surface area contributed by atoms with Crippen molar-refractivity contribution in [3.05, 3.63) is 11.8 Å². The van der Waals surface area contributed by atoms with E-state index in [1.54, 1.807) is 6.07 Å². The second-order valence-electron chi connectivity index (χ2n) is 3.68. The van der Waals surface area contributed by atoms with E-state index in [9.17, 15) is 9.59 Å². The molecule has 2 atom stereocenters. The number of aliphatic carboxylic acids is 1. The third-order valence-electron chi connectivity index (χ3n) is 2.21. The third-order valence-corrected chi connectivity index (χ3v) is 2.21. The van der Waals surface area contributed by atoms with Crippen molar-refractivity contribution in [3.63, 3.8) is 0 Å². The molecule has 6 heteroatoms. The number of carboxylic acids is 1. The molecule has 17 heavy (non-hydrogen) atoms. The summed E-state index contributed by atoms with van der Waals surface area (Å²) in [5.41, 5.74) is -0.140. The Morgan fingerprint density at radius 2 is 2.06 bits per heavy atom. The van der Waals surface area contributed by atoms with E-state index in [1.807, 2.05) is 13.8 Å². The van der Waals surface area contributed by atoms with Crippen molar-refractivity contribution in [1.82, 2.24) is 10.6 Å². The largest absolute Gasteiger partial charge is 0.480 e. The van der Waals surface area contributed by atoms with E-state index in [4.69, 9.17) is 10.4 Å². The van der Waals surface area contributed by atoms with Gasteiger partial charge in [0.15, 0.2) is 0 Å². The van der Waals surface area contributed by atoms with E-state index in [0.29, 0.717) is 0 Å². The molecule has 0 saturated carbocycles. The van der Waals surface area contributed by atoms with Crippen molar-refractivity contribution in [2.75, 3.05) is 0 Å². The molecule has 3 N–H and O–H groups in total. The highest BCUT2D eigenvalue weighted by atomic mass is 16.4. The molecule has 0 aliphatic carbocycles. The van der Waals surface area contributed by atoms with Crippen LogP contribution in [0.5, 0.6) is 0 Å². The Hall–Kier alpha value is -2.03. The molecule has 0 saturated heterocycles. The Morgan fingerprint density at radius 1 is 1.47 bits per heavy atom. The first-order valence-corrected chi connectivity index (χ1v) is 5.32. The molecular formula is C11H17N3O3. The van der Waals surface area contributed by atoms with Gasteiger partial charge in [-0.2, -0.15) is 5.26 Å². The molecule has 0 radical (unpaired) electrons. The quantitative estimate of drug-likeness (QED) is 0.459. The molecule has 0 aromatic carbocycles. The lowest BCUT2D eigenvalue weighted by Gasteiger charge is -2.10. The van der Waals surface area contributed by atoms with Crippen LogP contribution in [-0.2, 0) is 9.59 Å². The predicted octanol–water partition coefficient (Wildman–Crippen LogP) is 0.371. The summed E-state index contributed by atoms with van der Waals surface area (Å²) in [5, 5.41) is 22.5. The van der Waals surface area contributed by atoms with E-state index in [-0.39, 0.29) is 11.6 Å². The summed E-state index contributed by atoms with van der Waals surface area (Å²) >= 11 is 0. The van der Waals surface area contributed by atoms with Gasteiger partial charge in [-0.1, -0.05) is 6.92 Å². The summed E-state index contributed by atoms with van der Waals surface area (Å²) in [6.45, 7) is 5.20. The van der Waals surface area contributed by atoms with Crippen molar-refractivity contribution in [3.8, 4) is 6.07 Å². The van der Waals surface area contributed by atoms with Gasteiger partial charge in [-0.15, -0.1) is 0 Å². The highest BCUT2D eigenvalue weighted by Gasteiger charge is 2.16. The van der Waals surface area contributed by atoms with Gasteiger partial charge in [0.25, 0.3) is 5.91 Å². The first kappa shape index (κ1) is 15.0. The zero-order valence-electron chi connectivity index (χ0n) is 10.2. The number of rotatable bonds is 6. The minimum absolute atomic E-state index is 0.140. The van der Waals surface area contributed by atoms with Gasteiger partial charge in [-0.05, 0) is 20.3 Å². The second kappa shape index (κ2) is 7.28. The molecule has 0 rings (SSSR count). The molecule has 2 unspecified atom stereocenters. The topological polar surface area (TPSA) is 102 Å². The standard InChI is InChI=1S/C11H17N3O3/c1-4-7(2)13-6-9(5-12)10(15)14-8(3)11(16)17/h6-8,13H,4H2,1-3H3,(H,14,15)(H,16,17)/b9-6-. The molecule has 0 fully saturated rings. The summed E-state index contributed by atoms with van der Waals surface area (Å²) < 4.78 is 0. The Kier molecular flexibility index (Phi) is 6.41. The van der Waals surface area contributed by atoms with E-state index in [2.05, 4.69) is 10.6 Å². The van der Waals surface area contributed by atoms with Gasteiger partial charge in [0.2, 0.25) is 0 Å². The van der Waals surface area contributed by atoms with Crippen molar-refractivity contribution in [2.45, 2.75) is 39.3 Å². The van der Waals surface area contributed by atoms with Crippen LogP contribution in [0.1, 0.15) is 27.2 Å². The first-order chi connectivity index (χ1) is 7.92. The highest BCUT2D eigenvalue weighted by molar-refractivity contribution is 5.99. The number of nitriles is 1. The molecule has 0 aliphatic heterocycles. The maximum atomic E-state index is 11.5. The zero-order chi connectivity index (χ0) is 13.4. The van der Waals surface area contributed by atoms with E-state index < -0.39 is 17.9 Å². The number of carbonyl (C=O) groups is 2. The van der Waals surface area contributed by atoms with Crippen LogP contribution >= 0.6 is 0 Å². The summed E-state index contributed by atoms with van der Waals surface area (Å²) in [7, 11) is 0. The van der Waals surface area contributed by atoms with Crippen LogP contribution in [0.2, 0.25) is 0 Å². The van der Waals surface area contributed by atoms with Gasteiger partial charge in [0.1, 0.15) is 17.7 Å². The van der Waals surface area contributed by atoms with Crippen molar-refractivity contribution in [2.24, 2.45) is 0 Å².